The summed E-state index contributed by atoms with van der Waals surface area (Å²) in [6, 6.07) is 5.54. The number of Topliss-reactive ketones (excluding diaryl/α,β-unsaturated/α-hetero) is 1. The molecule has 1 aromatic rings. The number of hydrogen-bond acceptors (Lipinski definition) is 1. The average Bonchev–Trinajstić information content (AvgIpc) is 3.03. The summed E-state index contributed by atoms with van der Waals surface area (Å²) in [6.45, 7) is 0. The summed E-state index contributed by atoms with van der Waals surface area (Å²) in [7, 11) is 0. The van der Waals surface area contributed by atoms with Crippen molar-refractivity contribution in [3.8, 4) is 0 Å². The van der Waals surface area contributed by atoms with Crippen LogP contribution in [0.25, 0.3) is 0 Å². The second-order valence-electron chi connectivity index (χ2n) is 3.99. The van der Waals surface area contributed by atoms with Gasteiger partial charge in [0.25, 0.3) is 0 Å². The lowest BCUT2D eigenvalue weighted by Gasteiger charge is -2.02. The molecule has 15 heavy (non-hydrogen) atoms. The van der Waals surface area contributed by atoms with Gasteiger partial charge in [0, 0.05) is 12.3 Å². The first-order valence-corrected chi connectivity index (χ1v) is 5.89. The fraction of sp³-hybridized carbons (Fsp3) is 0.417. The van der Waals surface area contributed by atoms with Crippen LogP contribution in [0.15, 0.2) is 18.2 Å². The third-order valence-corrected chi connectivity index (χ3v) is 3.42. The quantitative estimate of drug-likeness (QED) is 0.783. The average molecular weight is 243 g/mol. The lowest BCUT2D eigenvalue weighted by Crippen LogP contribution is -2.01. The monoisotopic (exact) mass is 242 g/mol. The maximum Gasteiger partial charge on any atom is 0.136 e. The highest BCUT2D eigenvalue weighted by molar-refractivity contribution is 6.42. The molecular weight excluding hydrogens is 231 g/mol. The molecule has 1 aliphatic rings. The maximum atomic E-state index is 11.5. The third-order valence-electron chi connectivity index (χ3n) is 2.68. The van der Waals surface area contributed by atoms with E-state index >= 15 is 0 Å². The van der Waals surface area contributed by atoms with Crippen molar-refractivity contribution in [2.75, 3.05) is 0 Å². The third kappa shape index (κ3) is 2.96. The first kappa shape index (κ1) is 11.0. The predicted octanol–water partition coefficient (Wildman–Crippen LogP) is 3.91. The van der Waals surface area contributed by atoms with Crippen molar-refractivity contribution in [3.05, 3.63) is 33.8 Å². The van der Waals surface area contributed by atoms with Crippen molar-refractivity contribution in [2.24, 2.45) is 5.92 Å². The van der Waals surface area contributed by atoms with Crippen LogP contribution in [-0.4, -0.2) is 5.78 Å². The van der Waals surface area contributed by atoms with Crippen LogP contribution in [0.5, 0.6) is 0 Å². The second kappa shape index (κ2) is 4.54. The number of carbonyl (C=O) groups is 1. The summed E-state index contributed by atoms with van der Waals surface area (Å²) < 4.78 is 0. The first-order valence-electron chi connectivity index (χ1n) is 5.13. The van der Waals surface area contributed by atoms with Gasteiger partial charge in [0.1, 0.15) is 5.78 Å². The van der Waals surface area contributed by atoms with E-state index in [-0.39, 0.29) is 0 Å². The van der Waals surface area contributed by atoms with Crippen LogP contribution in [-0.2, 0) is 11.2 Å². The number of carbonyl (C=O) groups excluding carboxylic acids is 1. The lowest BCUT2D eigenvalue weighted by atomic mass is 10.1. The highest BCUT2D eigenvalue weighted by Crippen LogP contribution is 2.31. The van der Waals surface area contributed by atoms with Crippen molar-refractivity contribution >= 4 is 29.0 Å². The van der Waals surface area contributed by atoms with Gasteiger partial charge in [-0.2, -0.15) is 0 Å². The molecule has 0 N–H and O–H groups in total. The van der Waals surface area contributed by atoms with E-state index in [1.807, 2.05) is 12.1 Å². The zero-order valence-corrected chi connectivity index (χ0v) is 9.81. The van der Waals surface area contributed by atoms with E-state index in [4.69, 9.17) is 23.2 Å². The molecule has 3 heteroatoms. The largest absolute Gasteiger partial charge is 0.299 e. The molecule has 0 bridgehead atoms. The smallest absolute Gasteiger partial charge is 0.136 e. The van der Waals surface area contributed by atoms with Crippen molar-refractivity contribution in [1.82, 2.24) is 0 Å². The van der Waals surface area contributed by atoms with E-state index in [1.165, 1.54) is 0 Å². The summed E-state index contributed by atoms with van der Waals surface area (Å²) in [6.07, 6.45) is 3.56. The molecule has 1 fully saturated rings. The molecule has 0 atom stereocenters. The van der Waals surface area contributed by atoms with Crippen LogP contribution in [0, 0.1) is 5.92 Å². The van der Waals surface area contributed by atoms with Gasteiger partial charge in [0.05, 0.1) is 10.0 Å². The van der Waals surface area contributed by atoms with Crippen LogP contribution in [0.3, 0.4) is 0 Å². The predicted molar refractivity (Wildman–Crippen MR) is 62.5 cm³/mol. The van der Waals surface area contributed by atoms with Gasteiger partial charge >= 0.3 is 0 Å². The van der Waals surface area contributed by atoms with Gasteiger partial charge < -0.3 is 0 Å². The number of benzene rings is 1. The molecule has 0 amide bonds. The van der Waals surface area contributed by atoms with Gasteiger partial charge in [0.15, 0.2) is 0 Å². The minimum Gasteiger partial charge on any atom is -0.299 e. The molecular formula is C12H12Cl2O. The first-order chi connectivity index (χ1) is 7.16. The Morgan fingerprint density at radius 2 is 2.00 bits per heavy atom. The zero-order chi connectivity index (χ0) is 10.8. The standard InChI is InChI=1S/C12H12Cl2O/c13-10-5-1-8(7-11(10)14)2-6-12(15)9-3-4-9/h1,5,7,9H,2-4,6H2. The summed E-state index contributed by atoms with van der Waals surface area (Å²) in [5.41, 5.74) is 1.08. The van der Waals surface area contributed by atoms with Crippen molar-refractivity contribution in [2.45, 2.75) is 25.7 Å². The van der Waals surface area contributed by atoms with Crippen molar-refractivity contribution in [1.29, 1.82) is 0 Å². The molecule has 0 radical (unpaired) electrons. The topological polar surface area (TPSA) is 17.1 Å². The van der Waals surface area contributed by atoms with E-state index in [0.717, 1.165) is 24.8 Å². The molecule has 1 nitrogen and oxygen atoms in total. The molecule has 0 unspecified atom stereocenters. The summed E-state index contributed by atoms with van der Waals surface area (Å²) in [5, 5.41) is 1.13. The fourth-order valence-corrected chi connectivity index (χ4v) is 1.89. The van der Waals surface area contributed by atoms with Gasteiger partial charge in [-0.3, -0.25) is 4.79 Å². The van der Waals surface area contributed by atoms with Crippen LogP contribution >= 0.6 is 23.2 Å². The number of rotatable bonds is 4. The Labute approximate surface area is 99.4 Å². The minimum absolute atomic E-state index is 0.354. The maximum absolute atomic E-state index is 11.5. The van der Waals surface area contributed by atoms with Crippen molar-refractivity contribution in [3.63, 3.8) is 0 Å². The molecule has 2 rings (SSSR count). The van der Waals surface area contributed by atoms with E-state index in [9.17, 15) is 4.79 Å². The Morgan fingerprint density at radius 1 is 1.27 bits per heavy atom. The summed E-state index contributed by atoms with van der Waals surface area (Å²) in [4.78, 5) is 11.5. The Morgan fingerprint density at radius 3 is 2.60 bits per heavy atom. The molecule has 0 aromatic heterocycles. The summed E-state index contributed by atoms with van der Waals surface area (Å²) >= 11 is 11.7. The Bertz CT molecular complexity index is 383. The van der Waals surface area contributed by atoms with Gasteiger partial charge in [-0.15, -0.1) is 0 Å². The van der Waals surface area contributed by atoms with Crippen LogP contribution < -0.4 is 0 Å². The number of hydrogen-bond donors (Lipinski definition) is 0. The molecule has 1 saturated carbocycles. The van der Waals surface area contributed by atoms with Crippen LogP contribution in [0.1, 0.15) is 24.8 Å². The number of aryl methyl sites for hydroxylation is 1. The fourth-order valence-electron chi connectivity index (χ4n) is 1.57. The normalized spacial score (nSPS) is 15.3. The highest BCUT2D eigenvalue weighted by atomic mass is 35.5. The summed E-state index contributed by atoms with van der Waals surface area (Å²) in [5.74, 6) is 0.744. The Hall–Kier alpha value is -0.530. The van der Waals surface area contributed by atoms with E-state index < -0.39 is 0 Å². The molecule has 0 saturated heterocycles. The van der Waals surface area contributed by atoms with Crippen molar-refractivity contribution < 1.29 is 4.79 Å². The molecule has 1 aromatic carbocycles. The minimum atomic E-state index is 0.354. The van der Waals surface area contributed by atoms with Gasteiger partial charge in [-0.1, -0.05) is 29.3 Å². The van der Waals surface area contributed by atoms with E-state index in [0.29, 0.717) is 28.2 Å². The number of ketones is 1. The molecule has 0 heterocycles. The Balaban J connectivity index is 1.92. The van der Waals surface area contributed by atoms with Crippen LogP contribution in [0.2, 0.25) is 10.0 Å². The molecule has 80 valence electrons. The van der Waals surface area contributed by atoms with Gasteiger partial charge in [-0.25, -0.2) is 0 Å². The second-order valence-corrected chi connectivity index (χ2v) is 4.80. The van der Waals surface area contributed by atoms with E-state index in [1.54, 1.807) is 6.07 Å². The Kier molecular flexibility index (Phi) is 3.32. The van der Waals surface area contributed by atoms with Gasteiger partial charge in [-0.05, 0) is 37.0 Å². The van der Waals surface area contributed by atoms with E-state index in [2.05, 4.69) is 0 Å². The SMILES string of the molecule is O=C(CCc1ccc(Cl)c(Cl)c1)C1CC1. The lowest BCUT2D eigenvalue weighted by molar-refractivity contribution is -0.120. The molecule has 1 aliphatic carbocycles. The highest BCUT2D eigenvalue weighted by Gasteiger charge is 2.28. The van der Waals surface area contributed by atoms with Gasteiger partial charge in [0.2, 0.25) is 0 Å². The van der Waals surface area contributed by atoms with Crippen LogP contribution in [0.4, 0.5) is 0 Å². The molecule has 0 spiro atoms. The molecule has 0 aliphatic heterocycles. The zero-order valence-electron chi connectivity index (χ0n) is 8.30. The number of halogens is 2.